The zero-order valence-corrected chi connectivity index (χ0v) is 23.7. The summed E-state index contributed by atoms with van der Waals surface area (Å²) in [5, 5.41) is 11.0. The fraction of sp³-hybridized carbons (Fsp3) is 0.419. The van der Waals surface area contributed by atoms with Crippen molar-refractivity contribution in [1.29, 1.82) is 0 Å². The molecule has 7 nitrogen and oxygen atoms in total. The van der Waals surface area contributed by atoms with E-state index in [1.54, 1.807) is 51.9 Å². The number of ketones is 1. The van der Waals surface area contributed by atoms with E-state index in [9.17, 15) is 19.5 Å². The van der Waals surface area contributed by atoms with E-state index in [4.69, 9.17) is 16.6 Å². The van der Waals surface area contributed by atoms with Gasteiger partial charge in [0.1, 0.15) is 5.82 Å². The first-order valence-electron chi connectivity index (χ1n) is 13.4. The van der Waals surface area contributed by atoms with Crippen LogP contribution >= 0.6 is 11.6 Å². The van der Waals surface area contributed by atoms with Crippen molar-refractivity contribution in [2.24, 2.45) is 5.92 Å². The molecular weight excluding hydrogens is 514 g/mol. The summed E-state index contributed by atoms with van der Waals surface area (Å²) in [4.78, 5) is 46.3. The Labute approximate surface area is 233 Å². The molecule has 2 heterocycles. The van der Waals surface area contributed by atoms with Gasteiger partial charge < -0.3 is 10.0 Å². The van der Waals surface area contributed by atoms with Gasteiger partial charge in [0.25, 0.3) is 11.5 Å². The summed E-state index contributed by atoms with van der Waals surface area (Å²) in [5.41, 5.74) is 2.96. The largest absolute Gasteiger partial charge is 0.390 e. The van der Waals surface area contributed by atoms with Gasteiger partial charge in [0, 0.05) is 33.7 Å². The molecule has 1 aliphatic carbocycles. The van der Waals surface area contributed by atoms with Gasteiger partial charge in [-0.15, -0.1) is 0 Å². The van der Waals surface area contributed by atoms with Gasteiger partial charge in [0.05, 0.1) is 23.5 Å². The lowest BCUT2D eigenvalue weighted by Crippen LogP contribution is -2.47. The number of nitrogens with zero attached hydrogens (tertiary/aromatic N) is 3. The summed E-state index contributed by atoms with van der Waals surface area (Å²) >= 11 is 6.18. The average Bonchev–Trinajstić information content (AvgIpc) is 2.88. The van der Waals surface area contributed by atoms with Gasteiger partial charge in [0.2, 0.25) is 0 Å². The maximum atomic E-state index is 14.1. The number of aliphatic hydroxyl groups is 1. The summed E-state index contributed by atoms with van der Waals surface area (Å²) in [6.45, 7) is 9.43. The second-order valence-corrected chi connectivity index (χ2v) is 12.0. The van der Waals surface area contributed by atoms with Crippen molar-refractivity contribution in [1.82, 2.24) is 14.5 Å². The maximum Gasteiger partial charge on any atom is 0.261 e. The molecule has 204 valence electrons. The molecule has 2 unspecified atom stereocenters. The maximum absolute atomic E-state index is 14.1. The van der Waals surface area contributed by atoms with Gasteiger partial charge in [-0.2, -0.15) is 0 Å². The second-order valence-electron chi connectivity index (χ2n) is 11.5. The molecule has 1 saturated carbocycles. The van der Waals surface area contributed by atoms with E-state index in [1.165, 1.54) is 6.92 Å². The van der Waals surface area contributed by atoms with Crippen LogP contribution in [0.2, 0.25) is 5.02 Å². The Kier molecular flexibility index (Phi) is 7.02. The number of hydrogen-bond acceptors (Lipinski definition) is 5. The van der Waals surface area contributed by atoms with E-state index in [0.29, 0.717) is 58.2 Å². The van der Waals surface area contributed by atoms with Gasteiger partial charge in [-0.25, -0.2) is 4.98 Å². The molecule has 2 aromatic carbocycles. The number of Topliss-reactive ketones (excluding diaryl/α,β-unsaturated/α-hetero) is 1. The summed E-state index contributed by atoms with van der Waals surface area (Å²) < 4.78 is 1.66. The number of carbonyl (C=O) groups excluding carboxylic acids is 2. The zero-order chi connectivity index (χ0) is 28.2. The first kappa shape index (κ1) is 27.3. The Bertz CT molecular complexity index is 1520. The Morgan fingerprint density at radius 3 is 2.36 bits per heavy atom. The van der Waals surface area contributed by atoms with Crippen LogP contribution in [-0.2, 0) is 13.0 Å². The predicted octanol–water partition coefficient (Wildman–Crippen LogP) is 5.25. The van der Waals surface area contributed by atoms with Gasteiger partial charge in [-0.3, -0.25) is 19.0 Å². The molecule has 8 heteroatoms. The molecule has 5 rings (SSSR count). The smallest absolute Gasteiger partial charge is 0.261 e. The van der Waals surface area contributed by atoms with E-state index in [1.807, 2.05) is 27.7 Å². The van der Waals surface area contributed by atoms with Crippen LogP contribution in [0.3, 0.4) is 0 Å². The number of hydrogen-bond donors (Lipinski definition) is 1. The molecule has 39 heavy (non-hydrogen) atoms. The van der Waals surface area contributed by atoms with E-state index < -0.39 is 5.60 Å². The van der Waals surface area contributed by atoms with Gasteiger partial charge in [0.15, 0.2) is 5.78 Å². The minimum atomic E-state index is -0.712. The molecule has 0 radical (unpaired) electrons. The molecule has 0 saturated heterocycles. The normalized spacial score (nSPS) is 23.1. The van der Waals surface area contributed by atoms with E-state index >= 15 is 0 Å². The number of aromatic nitrogens is 2. The molecule has 1 amide bonds. The van der Waals surface area contributed by atoms with Crippen molar-refractivity contribution in [2.45, 2.75) is 78.0 Å². The van der Waals surface area contributed by atoms with Crippen molar-refractivity contribution in [3.8, 4) is 5.69 Å². The van der Waals surface area contributed by atoms with Crippen LogP contribution in [0.25, 0.3) is 5.69 Å². The van der Waals surface area contributed by atoms with E-state index in [-0.39, 0.29) is 41.7 Å². The molecule has 0 spiro atoms. The lowest BCUT2D eigenvalue weighted by molar-refractivity contribution is -0.0648. The topological polar surface area (TPSA) is 92.5 Å². The number of rotatable bonds is 5. The lowest BCUT2D eigenvalue weighted by atomic mass is 9.66. The Morgan fingerprint density at radius 2 is 1.77 bits per heavy atom. The minimum absolute atomic E-state index is 0.0442. The molecule has 1 aliphatic heterocycles. The number of aryl methyl sites for hydroxylation is 1. The Morgan fingerprint density at radius 1 is 1.13 bits per heavy atom. The fourth-order valence-corrected chi connectivity index (χ4v) is 6.04. The molecular formula is C31H34ClN3O4. The first-order valence-corrected chi connectivity index (χ1v) is 13.8. The molecule has 3 aromatic rings. The highest BCUT2D eigenvalue weighted by Crippen LogP contribution is 2.45. The summed E-state index contributed by atoms with van der Waals surface area (Å²) in [6, 6.07) is 12.1. The average molecular weight is 548 g/mol. The summed E-state index contributed by atoms with van der Waals surface area (Å²) in [7, 11) is 0. The van der Waals surface area contributed by atoms with E-state index in [2.05, 4.69) is 0 Å². The van der Waals surface area contributed by atoms with Crippen molar-refractivity contribution in [2.75, 3.05) is 0 Å². The van der Waals surface area contributed by atoms with Gasteiger partial charge in [-0.1, -0.05) is 18.5 Å². The van der Waals surface area contributed by atoms with Crippen LogP contribution in [0.15, 0.2) is 47.3 Å². The highest BCUT2D eigenvalue weighted by atomic mass is 35.5. The molecule has 1 N–H and O–H groups in total. The Balaban J connectivity index is 1.58. The van der Waals surface area contributed by atoms with Gasteiger partial charge >= 0.3 is 0 Å². The Hall–Kier alpha value is -3.29. The minimum Gasteiger partial charge on any atom is -0.390 e. The number of halogens is 1. The first-order chi connectivity index (χ1) is 18.4. The third kappa shape index (κ3) is 5.06. The van der Waals surface area contributed by atoms with Crippen LogP contribution in [0, 0.1) is 12.8 Å². The molecule has 1 fully saturated rings. The van der Waals surface area contributed by atoms with Crippen LogP contribution < -0.4 is 5.56 Å². The summed E-state index contributed by atoms with van der Waals surface area (Å²) in [6.07, 6.45) is 1.64. The standard InChI is InChI=1S/C31H34ClN3O4/c1-17-12-22(8-11-26(17)32)29(37)34-16-27-25(13-18(34)2)30(38)35(24-9-6-21(7-10-24)20(4)36)28(33-27)19(3)23-14-31(5,39)15-23/h6-12,18-19,23,39H,13-16H2,1-5H3. The number of benzene rings is 2. The van der Waals surface area contributed by atoms with Gasteiger partial charge in [-0.05, 0) is 101 Å². The van der Waals surface area contributed by atoms with Crippen molar-refractivity contribution >= 4 is 23.3 Å². The second kappa shape index (κ2) is 10.0. The van der Waals surface area contributed by atoms with Crippen LogP contribution in [0.5, 0.6) is 0 Å². The fourth-order valence-electron chi connectivity index (χ4n) is 5.93. The summed E-state index contributed by atoms with van der Waals surface area (Å²) in [5.74, 6) is 0.516. The zero-order valence-electron chi connectivity index (χ0n) is 23.0. The van der Waals surface area contributed by atoms with Crippen molar-refractivity contribution in [3.05, 3.63) is 91.6 Å². The molecule has 2 aliphatic rings. The lowest BCUT2D eigenvalue weighted by Gasteiger charge is -2.44. The number of amides is 1. The predicted molar refractivity (Wildman–Crippen MR) is 151 cm³/mol. The molecule has 1 aromatic heterocycles. The SMILES string of the molecule is CC(=O)c1ccc(-n2c(C(C)C3CC(C)(O)C3)nc3c(c2=O)CC(C)N(C(=O)c2ccc(Cl)c(C)c2)C3)cc1. The molecule has 0 bridgehead atoms. The highest BCUT2D eigenvalue weighted by molar-refractivity contribution is 6.31. The number of fused-ring (bicyclic) bond motifs is 1. The quantitative estimate of drug-likeness (QED) is 0.440. The van der Waals surface area contributed by atoms with Crippen LogP contribution in [0.1, 0.15) is 89.8 Å². The van der Waals surface area contributed by atoms with Crippen LogP contribution in [0.4, 0.5) is 0 Å². The van der Waals surface area contributed by atoms with Crippen LogP contribution in [-0.4, -0.2) is 42.9 Å². The van der Waals surface area contributed by atoms with Crippen molar-refractivity contribution in [3.63, 3.8) is 0 Å². The monoisotopic (exact) mass is 547 g/mol. The molecule has 2 atom stereocenters. The van der Waals surface area contributed by atoms with E-state index in [0.717, 1.165) is 5.56 Å². The third-order valence-electron chi connectivity index (χ3n) is 8.36. The number of carbonyl (C=O) groups is 2. The third-order valence-corrected chi connectivity index (χ3v) is 8.78. The van der Waals surface area contributed by atoms with Crippen molar-refractivity contribution < 1.29 is 14.7 Å². The highest BCUT2D eigenvalue weighted by Gasteiger charge is 2.43.